The maximum absolute atomic E-state index is 12.0. The summed E-state index contributed by atoms with van der Waals surface area (Å²) in [5.41, 5.74) is 8.72. The zero-order valence-electron chi connectivity index (χ0n) is 9.91. The molecule has 0 aliphatic rings. The van der Waals surface area contributed by atoms with Crippen LogP contribution in [0.25, 0.3) is 0 Å². The van der Waals surface area contributed by atoms with Crippen LogP contribution in [0.1, 0.15) is 15.9 Å². The van der Waals surface area contributed by atoms with Crippen molar-refractivity contribution in [1.82, 2.24) is 0 Å². The zero-order chi connectivity index (χ0) is 13.1. The Balaban J connectivity index is 2.21. The van der Waals surface area contributed by atoms with Crippen LogP contribution < -0.4 is 11.1 Å². The quantitative estimate of drug-likeness (QED) is 0.643. The summed E-state index contributed by atoms with van der Waals surface area (Å²) in [4.78, 5) is 12.0. The van der Waals surface area contributed by atoms with Crippen LogP contribution >= 0.6 is 22.6 Å². The molecule has 0 heterocycles. The van der Waals surface area contributed by atoms with Crippen LogP contribution in [0.4, 0.5) is 11.4 Å². The summed E-state index contributed by atoms with van der Waals surface area (Å²) in [5.74, 6) is -0.125. The molecule has 92 valence electrons. The van der Waals surface area contributed by atoms with Gasteiger partial charge in [-0.05, 0) is 71.5 Å². The van der Waals surface area contributed by atoms with Crippen molar-refractivity contribution in [3.05, 3.63) is 57.2 Å². The molecule has 0 saturated heterocycles. The average molecular weight is 352 g/mol. The van der Waals surface area contributed by atoms with E-state index in [4.69, 9.17) is 5.73 Å². The van der Waals surface area contributed by atoms with Crippen LogP contribution in [0.15, 0.2) is 42.5 Å². The normalized spacial score (nSPS) is 10.1. The molecule has 2 aromatic rings. The van der Waals surface area contributed by atoms with Crippen LogP contribution in [0, 0.1) is 10.5 Å². The molecule has 0 spiro atoms. The van der Waals surface area contributed by atoms with E-state index in [1.54, 1.807) is 18.2 Å². The predicted molar refractivity (Wildman–Crippen MR) is 82.7 cm³/mol. The van der Waals surface area contributed by atoms with Crippen molar-refractivity contribution in [3.8, 4) is 0 Å². The molecule has 3 N–H and O–H groups in total. The molecule has 0 unspecified atom stereocenters. The summed E-state index contributed by atoms with van der Waals surface area (Å²) in [5, 5.41) is 2.87. The van der Waals surface area contributed by atoms with E-state index in [1.165, 1.54) is 0 Å². The van der Waals surface area contributed by atoms with E-state index in [2.05, 4.69) is 27.9 Å². The van der Waals surface area contributed by atoms with Gasteiger partial charge in [0.1, 0.15) is 0 Å². The standard InChI is InChI=1S/C14H13IN2O/c1-9-2-7-12(16)8-13(9)17-14(18)10-3-5-11(15)6-4-10/h2-8H,16H2,1H3,(H,17,18). The number of anilines is 2. The Labute approximate surface area is 120 Å². The number of hydrogen-bond donors (Lipinski definition) is 2. The first kappa shape index (κ1) is 12.9. The van der Waals surface area contributed by atoms with E-state index >= 15 is 0 Å². The number of hydrogen-bond acceptors (Lipinski definition) is 2. The minimum atomic E-state index is -0.125. The van der Waals surface area contributed by atoms with E-state index in [-0.39, 0.29) is 5.91 Å². The van der Waals surface area contributed by atoms with Crippen LogP contribution in [0.5, 0.6) is 0 Å². The highest BCUT2D eigenvalue weighted by Crippen LogP contribution is 2.19. The monoisotopic (exact) mass is 352 g/mol. The van der Waals surface area contributed by atoms with Crippen molar-refractivity contribution in [2.45, 2.75) is 6.92 Å². The van der Waals surface area contributed by atoms with Crippen molar-refractivity contribution >= 4 is 39.9 Å². The molecule has 0 aliphatic carbocycles. The molecule has 2 aromatic carbocycles. The lowest BCUT2D eigenvalue weighted by Gasteiger charge is -2.09. The molecule has 1 amide bonds. The summed E-state index contributed by atoms with van der Waals surface area (Å²) < 4.78 is 1.10. The second-order valence-corrected chi connectivity index (χ2v) is 5.28. The highest BCUT2D eigenvalue weighted by Gasteiger charge is 2.07. The van der Waals surface area contributed by atoms with Gasteiger partial charge in [-0.2, -0.15) is 0 Å². The maximum atomic E-state index is 12.0. The third kappa shape index (κ3) is 3.01. The van der Waals surface area contributed by atoms with Gasteiger partial charge in [-0.15, -0.1) is 0 Å². The highest BCUT2D eigenvalue weighted by atomic mass is 127. The molecule has 0 saturated carbocycles. The van der Waals surface area contributed by atoms with Gasteiger partial charge in [0, 0.05) is 20.5 Å². The largest absolute Gasteiger partial charge is 0.399 e. The third-order valence-corrected chi connectivity index (χ3v) is 3.34. The van der Waals surface area contributed by atoms with Crippen molar-refractivity contribution in [2.75, 3.05) is 11.1 Å². The van der Waals surface area contributed by atoms with Crippen LogP contribution in [0.3, 0.4) is 0 Å². The van der Waals surface area contributed by atoms with Crippen molar-refractivity contribution < 1.29 is 4.79 Å². The Hall–Kier alpha value is -1.56. The maximum Gasteiger partial charge on any atom is 0.255 e. The van der Waals surface area contributed by atoms with Gasteiger partial charge in [0.2, 0.25) is 0 Å². The third-order valence-electron chi connectivity index (χ3n) is 2.62. The van der Waals surface area contributed by atoms with Gasteiger partial charge in [-0.3, -0.25) is 4.79 Å². The molecule has 0 aliphatic heterocycles. The van der Waals surface area contributed by atoms with E-state index in [9.17, 15) is 4.79 Å². The number of rotatable bonds is 2. The van der Waals surface area contributed by atoms with Crippen molar-refractivity contribution in [2.24, 2.45) is 0 Å². The molecule has 3 nitrogen and oxygen atoms in total. The summed E-state index contributed by atoms with van der Waals surface area (Å²) in [6.07, 6.45) is 0. The Bertz CT molecular complexity index is 579. The lowest BCUT2D eigenvalue weighted by molar-refractivity contribution is 0.102. The minimum Gasteiger partial charge on any atom is -0.399 e. The van der Waals surface area contributed by atoms with E-state index in [1.807, 2.05) is 31.2 Å². The fourth-order valence-electron chi connectivity index (χ4n) is 1.57. The Morgan fingerprint density at radius 3 is 2.50 bits per heavy atom. The molecule has 0 radical (unpaired) electrons. The number of nitrogen functional groups attached to an aromatic ring is 1. The molecule has 0 atom stereocenters. The number of halogens is 1. The first-order valence-corrected chi connectivity index (χ1v) is 6.57. The van der Waals surface area contributed by atoms with Gasteiger partial charge < -0.3 is 11.1 Å². The lowest BCUT2D eigenvalue weighted by Crippen LogP contribution is -2.12. The van der Waals surface area contributed by atoms with Gasteiger partial charge in [0.15, 0.2) is 0 Å². The van der Waals surface area contributed by atoms with Crippen molar-refractivity contribution in [1.29, 1.82) is 0 Å². The van der Waals surface area contributed by atoms with Crippen LogP contribution in [-0.2, 0) is 0 Å². The second-order valence-electron chi connectivity index (χ2n) is 4.04. The number of amides is 1. The van der Waals surface area contributed by atoms with Gasteiger partial charge in [0.05, 0.1) is 0 Å². The second kappa shape index (κ2) is 5.39. The number of nitrogens with two attached hydrogens (primary N) is 1. The predicted octanol–water partition coefficient (Wildman–Crippen LogP) is 3.43. The molecular weight excluding hydrogens is 339 g/mol. The number of nitrogens with one attached hydrogen (secondary N) is 1. The van der Waals surface area contributed by atoms with Crippen LogP contribution in [0.2, 0.25) is 0 Å². The summed E-state index contributed by atoms with van der Waals surface area (Å²) in [6, 6.07) is 12.9. The van der Waals surface area contributed by atoms with Gasteiger partial charge in [0.25, 0.3) is 5.91 Å². The lowest BCUT2D eigenvalue weighted by atomic mass is 10.1. The van der Waals surface area contributed by atoms with E-state index in [0.29, 0.717) is 11.3 Å². The minimum absolute atomic E-state index is 0.125. The first-order valence-electron chi connectivity index (χ1n) is 5.49. The number of aryl methyl sites for hydroxylation is 1. The number of benzene rings is 2. The molecule has 0 fully saturated rings. The average Bonchev–Trinajstić information content (AvgIpc) is 2.34. The summed E-state index contributed by atoms with van der Waals surface area (Å²) in [7, 11) is 0. The van der Waals surface area contributed by atoms with Gasteiger partial charge in [-0.25, -0.2) is 0 Å². The molecule has 4 heteroatoms. The van der Waals surface area contributed by atoms with Crippen molar-refractivity contribution in [3.63, 3.8) is 0 Å². The van der Waals surface area contributed by atoms with Crippen LogP contribution in [-0.4, -0.2) is 5.91 Å². The number of carbonyl (C=O) groups is 1. The molecule has 0 bridgehead atoms. The molecule has 0 aromatic heterocycles. The first-order chi connectivity index (χ1) is 8.56. The zero-order valence-corrected chi connectivity index (χ0v) is 12.1. The Kier molecular flexibility index (Phi) is 3.86. The highest BCUT2D eigenvalue weighted by molar-refractivity contribution is 14.1. The van der Waals surface area contributed by atoms with Gasteiger partial charge >= 0.3 is 0 Å². The summed E-state index contributed by atoms with van der Waals surface area (Å²) >= 11 is 2.20. The summed E-state index contributed by atoms with van der Waals surface area (Å²) in [6.45, 7) is 1.93. The fraction of sp³-hybridized carbons (Fsp3) is 0.0714. The van der Waals surface area contributed by atoms with Gasteiger partial charge in [-0.1, -0.05) is 6.07 Å². The fourth-order valence-corrected chi connectivity index (χ4v) is 1.93. The topological polar surface area (TPSA) is 55.1 Å². The Morgan fingerprint density at radius 1 is 1.17 bits per heavy atom. The molecule has 18 heavy (non-hydrogen) atoms. The number of carbonyl (C=O) groups excluding carboxylic acids is 1. The SMILES string of the molecule is Cc1ccc(N)cc1NC(=O)c1ccc(I)cc1. The van der Waals surface area contributed by atoms with E-state index in [0.717, 1.165) is 14.8 Å². The Morgan fingerprint density at radius 2 is 1.83 bits per heavy atom. The molecular formula is C14H13IN2O. The van der Waals surface area contributed by atoms with E-state index < -0.39 is 0 Å². The molecule has 2 rings (SSSR count). The smallest absolute Gasteiger partial charge is 0.255 e.